The number of hydrogen-bond acceptors (Lipinski definition) is 3. The summed E-state index contributed by atoms with van der Waals surface area (Å²) in [5.41, 5.74) is 12.6. The van der Waals surface area contributed by atoms with E-state index in [4.69, 9.17) is 5.73 Å². The predicted octanol–water partition coefficient (Wildman–Crippen LogP) is 6.20. The number of carbonyl (C=O) groups excluding carboxylic acids is 1. The summed E-state index contributed by atoms with van der Waals surface area (Å²) in [6.07, 6.45) is 3.29. The van der Waals surface area contributed by atoms with Crippen molar-refractivity contribution in [1.82, 2.24) is 0 Å². The van der Waals surface area contributed by atoms with Crippen molar-refractivity contribution in [3.05, 3.63) is 120 Å². The van der Waals surface area contributed by atoms with E-state index >= 15 is 0 Å². The van der Waals surface area contributed by atoms with Crippen molar-refractivity contribution in [3.63, 3.8) is 0 Å². The molecular weight excluding hydrogens is 394 g/mol. The van der Waals surface area contributed by atoms with Crippen LogP contribution in [0.15, 0.2) is 109 Å². The molecule has 0 aliphatic rings. The Balaban J connectivity index is 1.29. The summed E-state index contributed by atoms with van der Waals surface area (Å²) >= 11 is 0. The lowest BCUT2D eigenvalue weighted by molar-refractivity contribution is -0.111. The van der Waals surface area contributed by atoms with Gasteiger partial charge in [0.2, 0.25) is 5.91 Å². The Morgan fingerprint density at radius 1 is 0.750 bits per heavy atom. The van der Waals surface area contributed by atoms with E-state index in [-0.39, 0.29) is 5.91 Å². The van der Waals surface area contributed by atoms with Crippen LogP contribution in [0, 0.1) is 0 Å². The Morgan fingerprint density at radius 2 is 1.41 bits per heavy atom. The summed E-state index contributed by atoms with van der Waals surface area (Å²) < 4.78 is 0. The first kappa shape index (κ1) is 20.9. The van der Waals surface area contributed by atoms with E-state index < -0.39 is 0 Å². The average molecular weight is 420 g/mol. The molecule has 0 bridgehead atoms. The number of para-hydroxylation sites is 2. The maximum atomic E-state index is 12.1. The monoisotopic (exact) mass is 419 g/mol. The second-order valence-corrected chi connectivity index (χ2v) is 7.45. The fourth-order valence-electron chi connectivity index (χ4n) is 3.32. The zero-order valence-electron chi connectivity index (χ0n) is 17.7. The van der Waals surface area contributed by atoms with Crippen LogP contribution in [0.25, 0.3) is 17.2 Å². The molecule has 0 radical (unpaired) electrons. The Morgan fingerprint density at radius 3 is 2.12 bits per heavy atom. The second kappa shape index (κ2) is 10.1. The molecule has 4 heteroatoms. The van der Waals surface area contributed by atoms with Crippen LogP contribution in [-0.2, 0) is 11.3 Å². The topological polar surface area (TPSA) is 67.1 Å². The highest BCUT2D eigenvalue weighted by atomic mass is 16.1. The maximum absolute atomic E-state index is 12.1. The fourth-order valence-corrected chi connectivity index (χ4v) is 3.32. The lowest BCUT2D eigenvalue weighted by atomic mass is 10.1. The van der Waals surface area contributed by atoms with E-state index in [0.717, 1.165) is 23.4 Å². The summed E-state index contributed by atoms with van der Waals surface area (Å²) in [5, 5.41) is 6.23. The SMILES string of the molecule is Nc1ccccc1NC(=O)/C=C\c1ccc(CNc2ccc(-c3ccccc3)cc2)cc1. The molecule has 4 aromatic rings. The lowest BCUT2D eigenvalue weighted by Crippen LogP contribution is -2.09. The van der Waals surface area contributed by atoms with Gasteiger partial charge < -0.3 is 16.4 Å². The number of amides is 1. The molecule has 4 aromatic carbocycles. The summed E-state index contributed by atoms with van der Waals surface area (Å²) in [4.78, 5) is 12.1. The van der Waals surface area contributed by atoms with Crippen LogP contribution in [0.1, 0.15) is 11.1 Å². The van der Waals surface area contributed by atoms with E-state index in [1.165, 1.54) is 17.2 Å². The minimum absolute atomic E-state index is 0.215. The van der Waals surface area contributed by atoms with Crippen molar-refractivity contribution in [2.45, 2.75) is 6.54 Å². The number of hydrogen-bond donors (Lipinski definition) is 3. The molecule has 4 nitrogen and oxygen atoms in total. The number of nitrogen functional groups attached to an aromatic ring is 1. The number of carbonyl (C=O) groups is 1. The van der Waals surface area contributed by atoms with Gasteiger partial charge in [0.15, 0.2) is 0 Å². The molecule has 0 aliphatic carbocycles. The molecule has 0 saturated heterocycles. The fraction of sp³-hybridized carbons (Fsp3) is 0.0357. The second-order valence-electron chi connectivity index (χ2n) is 7.45. The van der Waals surface area contributed by atoms with Crippen molar-refractivity contribution >= 4 is 29.0 Å². The quantitative estimate of drug-likeness (QED) is 0.247. The van der Waals surface area contributed by atoms with Gasteiger partial charge in [-0.15, -0.1) is 0 Å². The molecule has 0 atom stereocenters. The van der Waals surface area contributed by atoms with Gasteiger partial charge in [-0.2, -0.15) is 0 Å². The molecule has 0 unspecified atom stereocenters. The number of rotatable bonds is 7. The van der Waals surface area contributed by atoms with Crippen molar-refractivity contribution < 1.29 is 4.79 Å². The van der Waals surface area contributed by atoms with Crippen molar-refractivity contribution in [1.29, 1.82) is 0 Å². The zero-order chi connectivity index (χ0) is 22.2. The standard InChI is InChI=1S/C28H25N3O/c29-26-8-4-5-9-27(26)31-28(32)19-14-21-10-12-22(13-11-21)20-30-25-17-15-24(16-18-25)23-6-2-1-3-7-23/h1-19,30H,20,29H2,(H,31,32)/b19-14-. The van der Waals surface area contributed by atoms with E-state index in [0.29, 0.717) is 11.4 Å². The van der Waals surface area contributed by atoms with Gasteiger partial charge in [0.1, 0.15) is 0 Å². The smallest absolute Gasteiger partial charge is 0.248 e. The van der Waals surface area contributed by atoms with E-state index in [9.17, 15) is 4.79 Å². The summed E-state index contributed by atoms with van der Waals surface area (Å²) in [6.45, 7) is 0.725. The van der Waals surface area contributed by atoms with Gasteiger partial charge in [0, 0.05) is 18.3 Å². The average Bonchev–Trinajstić information content (AvgIpc) is 2.84. The Labute approximate surface area is 188 Å². The van der Waals surface area contributed by atoms with Crippen molar-refractivity contribution in [2.24, 2.45) is 0 Å². The molecule has 32 heavy (non-hydrogen) atoms. The number of nitrogens with one attached hydrogen (secondary N) is 2. The zero-order valence-corrected chi connectivity index (χ0v) is 17.7. The highest BCUT2D eigenvalue weighted by molar-refractivity contribution is 6.03. The summed E-state index contributed by atoms with van der Waals surface area (Å²) in [5.74, 6) is -0.215. The molecule has 4 N–H and O–H groups in total. The summed E-state index contributed by atoms with van der Waals surface area (Å²) in [7, 11) is 0. The number of benzene rings is 4. The van der Waals surface area contributed by atoms with Gasteiger partial charge in [-0.3, -0.25) is 4.79 Å². The van der Waals surface area contributed by atoms with Gasteiger partial charge in [0.05, 0.1) is 11.4 Å². The molecule has 4 rings (SSSR count). The molecule has 0 aliphatic heterocycles. The number of anilines is 3. The number of nitrogens with two attached hydrogens (primary N) is 1. The Bertz CT molecular complexity index is 1200. The highest BCUT2D eigenvalue weighted by Gasteiger charge is 2.01. The molecule has 1 amide bonds. The molecule has 158 valence electrons. The largest absolute Gasteiger partial charge is 0.397 e. The van der Waals surface area contributed by atoms with Gasteiger partial charge in [0.25, 0.3) is 0 Å². The van der Waals surface area contributed by atoms with Crippen molar-refractivity contribution in [2.75, 3.05) is 16.4 Å². The Hall–Kier alpha value is -4.31. The first-order chi connectivity index (χ1) is 15.7. The summed E-state index contributed by atoms with van der Waals surface area (Å²) in [6, 6.07) is 34.1. The van der Waals surface area contributed by atoms with Crippen LogP contribution in [0.2, 0.25) is 0 Å². The minimum Gasteiger partial charge on any atom is -0.397 e. The van der Waals surface area contributed by atoms with E-state index in [1.807, 2.05) is 42.5 Å². The van der Waals surface area contributed by atoms with E-state index in [2.05, 4.69) is 59.2 Å². The minimum atomic E-state index is -0.215. The first-order valence-corrected chi connectivity index (χ1v) is 10.5. The van der Waals surface area contributed by atoms with Gasteiger partial charge >= 0.3 is 0 Å². The van der Waals surface area contributed by atoms with Crippen LogP contribution in [0.5, 0.6) is 0 Å². The third-order valence-electron chi connectivity index (χ3n) is 5.11. The molecule has 0 heterocycles. The van der Waals surface area contributed by atoms with Crippen LogP contribution in [-0.4, -0.2) is 5.91 Å². The first-order valence-electron chi connectivity index (χ1n) is 10.5. The lowest BCUT2D eigenvalue weighted by Gasteiger charge is -2.08. The van der Waals surface area contributed by atoms with E-state index in [1.54, 1.807) is 18.2 Å². The van der Waals surface area contributed by atoms with Crippen molar-refractivity contribution in [3.8, 4) is 11.1 Å². The van der Waals surface area contributed by atoms with Gasteiger partial charge in [-0.05, 0) is 52.6 Å². The highest BCUT2D eigenvalue weighted by Crippen LogP contribution is 2.21. The van der Waals surface area contributed by atoms with Crippen LogP contribution >= 0.6 is 0 Å². The van der Waals surface area contributed by atoms with Gasteiger partial charge in [-0.1, -0.05) is 78.9 Å². The molecule has 0 fully saturated rings. The van der Waals surface area contributed by atoms with Crippen LogP contribution in [0.3, 0.4) is 0 Å². The Kier molecular flexibility index (Phi) is 6.63. The third-order valence-corrected chi connectivity index (χ3v) is 5.11. The predicted molar refractivity (Wildman–Crippen MR) is 134 cm³/mol. The molecule has 0 aromatic heterocycles. The maximum Gasteiger partial charge on any atom is 0.248 e. The van der Waals surface area contributed by atoms with Gasteiger partial charge in [-0.25, -0.2) is 0 Å². The molecule has 0 saturated carbocycles. The molecule has 0 spiro atoms. The van der Waals surface area contributed by atoms with Crippen LogP contribution < -0.4 is 16.4 Å². The van der Waals surface area contributed by atoms with Crippen LogP contribution in [0.4, 0.5) is 17.1 Å². The third kappa shape index (κ3) is 5.64. The molecular formula is C28H25N3O. The normalized spacial score (nSPS) is 10.8.